The molecule has 1 aromatic heterocycles. The second-order valence-corrected chi connectivity index (χ2v) is 5.72. The van der Waals surface area contributed by atoms with E-state index in [1.165, 1.54) is 32.1 Å². The molecule has 2 N–H and O–H groups in total. The van der Waals surface area contributed by atoms with E-state index >= 15 is 0 Å². The van der Waals surface area contributed by atoms with Crippen LogP contribution in [0, 0.1) is 5.92 Å². The number of hydrogen-bond donors (Lipinski definition) is 1. The summed E-state index contributed by atoms with van der Waals surface area (Å²) in [4.78, 5) is 6.73. The topological polar surface area (TPSA) is 42.2 Å². The van der Waals surface area contributed by atoms with Crippen molar-refractivity contribution in [3.8, 4) is 0 Å². The first-order valence-electron chi connectivity index (χ1n) is 7.15. The Morgan fingerprint density at radius 3 is 2.72 bits per heavy atom. The SMILES string of the molecule is CC(C)CCN(c1cccnc1N)C1CCCC1. The van der Waals surface area contributed by atoms with Gasteiger partial charge < -0.3 is 10.6 Å². The second-order valence-electron chi connectivity index (χ2n) is 5.72. The molecule has 0 saturated heterocycles. The number of nitrogens with two attached hydrogens (primary N) is 1. The minimum atomic E-state index is 0.662. The number of hydrogen-bond acceptors (Lipinski definition) is 3. The van der Waals surface area contributed by atoms with Crippen LogP contribution in [0.1, 0.15) is 46.0 Å². The van der Waals surface area contributed by atoms with Gasteiger partial charge in [-0.05, 0) is 37.3 Å². The maximum absolute atomic E-state index is 6.04. The van der Waals surface area contributed by atoms with Crippen LogP contribution in [0.4, 0.5) is 11.5 Å². The average molecular weight is 247 g/mol. The molecule has 0 spiro atoms. The summed E-state index contributed by atoms with van der Waals surface area (Å²) in [5, 5.41) is 0. The highest BCUT2D eigenvalue weighted by Gasteiger charge is 2.24. The molecule has 2 rings (SSSR count). The van der Waals surface area contributed by atoms with E-state index in [-0.39, 0.29) is 0 Å². The molecule has 3 nitrogen and oxygen atoms in total. The summed E-state index contributed by atoms with van der Waals surface area (Å²) in [6, 6.07) is 4.76. The molecular weight excluding hydrogens is 222 g/mol. The van der Waals surface area contributed by atoms with E-state index in [4.69, 9.17) is 5.73 Å². The van der Waals surface area contributed by atoms with Crippen molar-refractivity contribution in [3.63, 3.8) is 0 Å². The van der Waals surface area contributed by atoms with Crippen molar-refractivity contribution >= 4 is 11.5 Å². The number of nitrogen functional groups attached to an aromatic ring is 1. The predicted molar refractivity (Wildman–Crippen MR) is 77.7 cm³/mol. The van der Waals surface area contributed by atoms with Gasteiger partial charge >= 0.3 is 0 Å². The highest BCUT2D eigenvalue weighted by atomic mass is 15.2. The molecule has 0 unspecified atom stereocenters. The zero-order valence-electron chi connectivity index (χ0n) is 11.6. The first kappa shape index (κ1) is 13.2. The standard InChI is InChI=1S/C15H25N3/c1-12(2)9-11-18(13-6-3-4-7-13)14-8-5-10-17-15(14)16/h5,8,10,12-13H,3-4,6-7,9,11H2,1-2H3,(H2,16,17). The van der Waals surface area contributed by atoms with Crippen LogP contribution >= 0.6 is 0 Å². The minimum Gasteiger partial charge on any atom is -0.382 e. The van der Waals surface area contributed by atoms with Crippen LogP contribution < -0.4 is 10.6 Å². The molecule has 0 atom stereocenters. The lowest BCUT2D eigenvalue weighted by Crippen LogP contribution is -2.35. The fraction of sp³-hybridized carbons (Fsp3) is 0.667. The van der Waals surface area contributed by atoms with Gasteiger partial charge in [0.2, 0.25) is 0 Å². The summed E-state index contributed by atoms with van der Waals surface area (Å²) in [5.74, 6) is 1.40. The highest BCUT2D eigenvalue weighted by Crippen LogP contribution is 2.31. The van der Waals surface area contributed by atoms with Gasteiger partial charge in [0.05, 0.1) is 5.69 Å². The van der Waals surface area contributed by atoms with Crippen LogP contribution in [0.5, 0.6) is 0 Å². The number of pyridine rings is 1. The summed E-state index contributed by atoms with van der Waals surface area (Å²) in [5.41, 5.74) is 7.17. The van der Waals surface area contributed by atoms with E-state index in [1.807, 2.05) is 6.07 Å². The van der Waals surface area contributed by atoms with E-state index in [9.17, 15) is 0 Å². The van der Waals surface area contributed by atoms with Crippen LogP contribution in [0.3, 0.4) is 0 Å². The summed E-state index contributed by atoms with van der Waals surface area (Å²) in [6.07, 6.45) is 8.28. The zero-order valence-corrected chi connectivity index (χ0v) is 11.6. The molecule has 1 aliphatic carbocycles. The summed E-state index contributed by atoms with van der Waals surface area (Å²) in [7, 11) is 0. The number of anilines is 2. The predicted octanol–water partition coefficient (Wildman–Crippen LogP) is 3.46. The maximum atomic E-state index is 6.04. The van der Waals surface area contributed by atoms with Gasteiger partial charge in [0.1, 0.15) is 5.82 Å². The van der Waals surface area contributed by atoms with Crippen molar-refractivity contribution in [3.05, 3.63) is 18.3 Å². The van der Waals surface area contributed by atoms with Gasteiger partial charge in [-0.2, -0.15) is 0 Å². The highest BCUT2D eigenvalue weighted by molar-refractivity contribution is 5.63. The molecule has 1 heterocycles. The Bertz CT molecular complexity index is 370. The van der Waals surface area contributed by atoms with Crippen LogP contribution in [-0.4, -0.2) is 17.6 Å². The van der Waals surface area contributed by atoms with Crippen molar-refractivity contribution in [2.45, 2.75) is 52.0 Å². The lowest BCUT2D eigenvalue weighted by molar-refractivity contribution is 0.528. The number of rotatable bonds is 5. The Labute approximate surface area is 110 Å². The monoisotopic (exact) mass is 247 g/mol. The summed E-state index contributed by atoms with van der Waals surface area (Å²) in [6.45, 7) is 5.65. The third-order valence-electron chi connectivity index (χ3n) is 3.84. The molecule has 100 valence electrons. The molecule has 1 saturated carbocycles. The van der Waals surface area contributed by atoms with Crippen LogP contribution in [-0.2, 0) is 0 Å². The largest absolute Gasteiger partial charge is 0.382 e. The molecule has 0 aliphatic heterocycles. The molecule has 1 aromatic rings. The van der Waals surface area contributed by atoms with E-state index in [0.717, 1.165) is 18.2 Å². The Kier molecular flexibility index (Phi) is 4.45. The molecular formula is C15H25N3. The van der Waals surface area contributed by atoms with Gasteiger partial charge in [0.15, 0.2) is 0 Å². The van der Waals surface area contributed by atoms with Gasteiger partial charge in [0, 0.05) is 18.8 Å². The third-order valence-corrected chi connectivity index (χ3v) is 3.84. The van der Waals surface area contributed by atoms with Gasteiger partial charge in [-0.1, -0.05) is 26.7 Å². The van der Waals surface area contributed by atoms with Gasteiger partial charge in [-0.25, -0.2) is 4.98 Å². The lowest BCUT2D eigenvalue weighted by atomic mass is 10.1. The van der Waals surface area contributed by atoms with Crippen LogP contribution in [0.15, 0.2) is 18.3 Å². The summed E-state index contributed by atoms with van der Waals surface area (Å²) < 4.78 is 0. The van der Waals surface area contributed by atoms with Crippen molar-refractivity contribution < 1.29 is 0 Å². The fourth-order valence-electron chi connectivity index (χ4n) is 2.76. The molecule has 0 bridgehead atoms. The Hall–Kier alpha value is -1.25. The van der Waals surface area contributed by atoms with Crippen molar-refractivity contribution in [2.24, 2.45) is 5.92 Å². The van der Waals surface area contributed by atoms with E-state index < -0.39 is 0 Å². The summed E-state index contributed by atoms with van der Waals surface area (Å²) >= 11 is 0. The minimum absolute atomic E-state index is 0.662. The lowest BCUT2D eigenvalue weighted by Gasteiger charge is -2.32. The molecule has 18 heavy (non-hydrogen) atoms. The van der Waals surface area contributed by atoms with Gasteiger partial charge in [0.25, 0.3) is 0 Å². The average Bonchev–Trinajstić information content (AvgIpc) is 2.85. The normalized spacial score (nSPS) is 16.4. The van der Waals surface area contributed by atoms with E-state index in [2.05, 4.69) is 29.8 Å². The van der Waals surface area contributed by atoms with E-state index in [0.29, 0.717) is 11.9 Å². The van der Waals surface area contributed by atoms with Gasteiger partial charge in [-0.3, -0.25) is 0 Å². The van der Waals surface area contributed by atoms with Crippen LogP contribution in [0.2, 0.25) is 0 Å². The molecule has 0 amide bonds. The van der Waals surface area contributed by atoms with Crippen molar-refractivity contribution in [1.82, 2.24) is 4.98 Å². The Morgan fingerprint density at radius 1 is 1.39 bits per heavy atom. The first-order valence-corrected chi connectivity index (χ1v) is 7.15. The Morgan fingerprint density at radius 2 is 2.11 bits per heavy atom. The number of aromatic nitrogens is 1. The molecule has 0 aromatic carbocycles. The maximum Gasteiger partial charge on any atom is 0.146 e. The molecule has 1 fully saturated rings. The fourth-order valence-corrected chi connectivity index (χ4v) is 2.76. The second kappa shape index (κ2) is 6.07. The van der Waals surface area contributed by atoms with Crippen LogP contribution in [0.25, 0.3) is 0 Å². The van der Waals surface area contributed by atoms with Crippen molar-refractivity contribution in [2.75, 3.05) is 17.2 Å². The smallest absolute Gasteiger partial charge is 0.146 e. The third kappa shape index (κ3) is 3.15. The van der Waals surface area contributed by atoms with Gasteiger partial charge in [-0.15, -0.1) is 0 Å². The number of nitrogens with zero attached hydrogens (tertiary/aromatic N) is 2. The van der Waals surface area contributed by atoms with Crippen molar-refractivity contribution in [1.29, 1.82) is 0 Å². The quantitative estimate of drug-likeness (QED) is 0.866. The molecule has 3 heteroatoms. The zero-order chi connectivity index (χ0) is 13.0. The molecule has 0 radical (unpaired) electrons. The Balaban J connectivity index is 2.15. The van der Waals surface area contributed by atoms with E-state index in [1.54, 1.807) is 6.20 Å². The first-order chi connectivity index (χ1) is 8.68. The molecule has 1 aliphatic rings.